The minimum absolute atomic E-state index is 0.730. The van der Waals surface area contributed by atoms with Gasteiger partial charge in [-0.05, 0) is 30.6 Å². The smallest absolute Gasteiger partial charge is 0.156 e. The standard InChI is InChI=1S/C12H22N2S/c1-8(2)9(3)6-13-12-14-7-11(15-12)10-4-5-10/h8-11H,4-7H2,1-3H3,(H,13,14). The third-order valence-electron chi connectivity index (χ3n) is 3.54. The summed E-state index contributed by atoms with van der Waals surface area (Å²) in [5.41, 5.74) is 0. The van der Waals surface area contributed by atoms with Crippen LogP contribution in [0.25, 0.3) is 0 Å². The fourth-order valence-corrected chi connectivity index (χ4v) is 2.90. The predicted octanol–water partition coefficient (Wildman–Crippen LogP) is 2.75. The van der Waals surface area contributed by atoms with Gasteiger partial charge in [-0.1, -0.05) is 32.5 Å². The number of hydrogen-bond acceptors (Lipinski definition) is 3. The van der Waals surface area contributed by atoms with Gasteiger partial charge in [0.1, 0.15) is 0 Å². The molecule has 1 saturated carbocycles. The molecular formula is C12H22N2S. The van der Waals surface area contributed by atoms with E-state index in [0.717, 1.165) is 36.1 Å². The molecule has 0 saturated heterocycles. The monoisotopic (exact) mass is 226 g/mol. The molecule has 1 fully saturated rings. The lowest BCUT2D eigenvalue weighted by molar-refractivity contribution is 0.416. The first-order valence-corrected chi connectivity index (χ1v) is 6.99. The van der Waals surface area contributed by atoms with E-state index in [1.807, 2.05) is 11.8 Å². The summed E-state index contributed by atoms with van der Waals surface area (Å²) >= 11 is 1.97. The molecule has 0 amide bonds. The van der Waals surface area contributed by atoms with Crippen molar-refractivity contribution in [2.75, 3.05) is 13.1 Å². The minimum Gasteiger partial charge on any atom is -0.365 e. The van der Waals surface area contributed by atoms with Gasteiger partial charge in [-0.25, -0.2) is 0 Å². The van der Waals surface area contributed by atoms with Gasteiger partial charge in [0.25, 0.3) is 0 Å². The summed E-state index contributed by atoms with van der Waals surface area (Å²) in [5, 5.41) is 5.48. The average molecular weight is 226 g/mol. The molecule has 15 heavy (non-hydrogen) atoms. The maximum Gasteiger partial charge on any atom is 0.156 e. The van der Waals surface area contributed by atoms with Crippen LogP contribution in [0.2, 0.25) is 0 Å². The molecule has 2 nitrogen and oxygen atoms in total. The van der Waals surface area contributed by atoms with Gasteiger partial charge in [-0.3, -0.25) is 4.99 Å². The largest absolute Gasteiger partial charge is 0.365 e. The Bertz CT molecular complexity index is 246. The van der Waals surface area contributed by atoms with Crippen LogP contribution in [0.1, 0.15) is 33.6 Å². The molecule has 1 aliphatic heterocycles. The number of nitrogens with zero attached hydrogens (tertiary/aromatic N) is 1. The minimum atomic E-state index is 0.730. The molecule has 0 bridgehead atoms. The molecule has 1 N–H and O–H groups in total. The summed E-state index contributed by atoms with van der Waals surface area (Å²) in [6, 6.07) is 0. The van der Waals surface area contributed by atoms with Gasteiger partial charge in [0.2, 0.25) is 0 Å². The maximum absolute atomic E-state index is 4.58. The first-order valence-electron chi connectivity index (χ1n) is 6.11. The van der Waals surface area contributed by atoms with E-state index in [1.165, 1.54) is 18.0 Å². The zero-order valence-corrected chi connectivity index (χ0v) is 10.8. The average Bonchev–Trinajstić information content (AvgIpc) is 2.95. The van der Waals surface area contributed by atoms with Gasteiger partial charge < -0.3 is 5.32 Å². The van der Waals surface area contributed by atoms with E-state index in [1.54, 1.807) is 0 Å². The third-order valence-corrected chi connectivity index (χ3v) is 4.87. The summed E-state index contributed by atoms with van der Waals surface area (Å²) in [5.74, 6) is 2.46. The molecule has 0 aromatic rings. The lowest BCUT2D eigenvalue weighted by Gasteiger charge is -2.16. The highest BCUT2D eigenvalue weighted by Gasteiger charge is 2.35. The van der Waals surface area contributed by atoms with Crippen LogP contribution in [0.4, 0.5) is 0 Å². The first-order chi connectivity index (χ1) is 7.16. The summed E-state index contributed by atoms with van der Waals surface area (Å²) in [6.07, 6.45) is 2.87. The highest BCUT2D eigenvalue weighted by Crippen LogP contribution is 2.41. The maximum atomic E-state index is 4.58. The highest BCUT2D eigenvalue weighted by molar-refractivity contribution is 8.14. The van der Waals surface area contributed by atoms with Crippen LogP contribution in [0.5, 0.6) is 0 Å². The van der Waals surface area contributed by atoms with Crippen LogP contribution in [-0.4, -0.2) is 23.5 Å². The Morgan fingerprint density at radius 2 is 2.13 bits per heavy atom. The molecule has 0 aromatic heterocycles. The normalized spacial score (nSPS) is 28.0. The lowest BCUT2D eigenvalue weighted by Crippen LogP contribution is -2.27. The number of hydrogen-bond donors (Lipinski definition) is 1. The Hall–Kier alpha value is -0.180. The molecular weight excluding hydrogens is 204 g/mol. The van der Waals surface area contributed by atoms with E-state index in [-0.39, 0.29) is 0 Å². The second-order valence-electron chi connectivity index (χ2n) is 5.24. The first kappa shape index (κ1) is 11.3. The van der Waals surface area contributed by atoms with Crippen LogP contribution >= 0.6 is 11.8 Å². The van der Waals surface area contributed by atoms with Gasteiger partial charge in [-0.2, -0.15) is 0 Å². The SMILES string of the molecule is CC(C)C(C)CNC1=NCC(C2CC2)S1. The number of rotatable bonds is 4. The van der Waals surface area contributed by atoms with Crippen molar-refractivity contribution in [3.8, 4) is 0 Å². The quantitative estimate of drug-likeness (QED) is 0.797. The fourth-order valence-electron chi connectivity index (χ4n) is 1.69. The Labute approximate surface area is 97.3 Å². The third kappa shape index (κ3) is 3.13. The van der Waals surface area contributed by atoms with Crippen molar-refractivity contribution in [3.05, 3.63) is 0 Å². The summed E-state index contributed by atoms with van der Waals surface area (Å²) in [4.78, 5) is 4.58. The van der Waals surface area contributed by atoms with Gasteiger partial charge in [0.15, 0.2) is 5.17 Å². The number of amidine groups is 1. The lowest BCUT2D eigenvalue weighted by atomic mass is 9.98. The van der Waals surface area contributed by atoms with E-state index >= 15 is 0 Å². The zero-order valence-electron chi connectivity index (χ0n) is 9.99. The molecule has 2 aliphatic rings. The second-order valence-corrected chi connectivity index (χ2v) is 6.47. The van der Waals surface area contributed by atoms with Gasteiger partial charge in [-0.15, -0.1) is 0 Å². The number of nitrogens with one attached hydrogen (secondary N) is 1. The number of thioether (sulfide) groups is 1. The molecule has 2 rings (SSSR count). The Morgan fingerprint density at radius 1 is 1.40 bits per heavy atom. The molecule has 2 unspecified atom stereocenters. The van der Waals surface area contributed by atoms with Crippen LogP contribution in [0.3, 0.4) is 0 Å². The van der Waals surface area contributed by atoms with Crippen molar-refractivity contribution >= 4 is 16.9 Å². The van der Waals surface area contributed by atoms with Crippen molar-refractivity contribution in [2.24, 2.45) is 22.7 Å². The summed E-state index contributed by atoms with van der Waals surface area (Å²) < 4.78 is 0. The molecule has 2 atom stereocenters. The fraction of sp³-hybridized carbons (Fsp3) is 0.917. The van der Waals surface area contributed by atoms with Gasteiger partial charge in [0, 0.05) is 11.8 Å². The van der Waals surface area contributed by atoms with E-state index in [9.17, 15) is 0 Å². The molecule has 0 aromatic carbocycles. The van der Waals surface area contributed by atoms with E-state index in [4.69, 9.17) is 0 Å². The molecule has 0 spiro atoms. The van der Waals surface area contributed by atoms with Crippen LogP contribution in [0, 0.1) is 17.8 Å². The molecule has 86 valence electrons. The Balaban J connectivity index is 1.67. The van der Waals surface area contributed by atoms with Crippen LogP contribution in [0.15, 0.2) is 4.99 Å². The van der Waals surface area contributed by atoms with E-state index in [0.29, 0.717) is 0 Å². The Morgan fingerprint density at radius 3 is 2.73 bits per heavy atom. The molecule has 3 heteroatoms. The van der Waals surface area contributed by atoms with Gasteiger partial charge in [0.05, 0.1) is 6.54 Å². The Kier molecular flexibility index (Phi) is 3.60. The van der Waals surface area contributed by atoms with Crippen molar-refractivity contribution in [1.82, 2.24) is 5.32 Å². The van der Waals surface area contributed by atoms with Crippen LogP contribution < -0.4 is 5.32 Å². The van der Waals surface area contributed by atoms with Gasteiger partial charge >= 0.3 is 0 Å². The summed E-state index contributed by atoms with van der Waals surface area (Å²) in [7, 11) is 0. The van der Waals surface area contributed by atoms with Crippen LogP contribution in [-0.2, 0) is 0 Å². The van der Waals surface area contributed by atoms with E-state index < -0.39 is 0 Å². The van der Waals surface area contributed by atoms with E-state index in [2.05, 4.69) is 31.1 Å². The second kappa shape index (κ2) is 4.77. The van der Waals surface area contributed by atoms with Crippen molar-refractivity contribution < 1.29 is 0 Å². The predicted molar refractivity (Wildman–Crippen MR) is 68.4 cm³/mol. The van der Waals surface area contributed by atoms with Crippen molar-refractivity contribution in [1.29, 1.82) is 0 Å². The summed E-state index contributed by atoms with van der Waals surface area (Å²) in [6.45, 7) is 8.98. The van der Waals surface area contributed by atoms with Crippen molar-refractivity contribution in [3.63, 3.8) is 0 Å². The van der Waals surface area contributed by atoms with Crippen molar-refractivity contribution in [2.45, 2.75) is 38.9 Å². The molecule has 1 aliphatic carbocycles. The zero-order chi connectivity index (χ0) is 10.8. The highest BCUT2D eigenvalue weighted by atomic mass is 32.2. The molecule has 0 radical (unpaired) electrons. The molecule has 1 heterocycles. The topological polar surface area (TPSA) is 24.4 Å². The number of aliphatic imine (C=N–C) groups is 1.